The predicted octanol–water partition coefficient (Wildman–Crippen LogP) is 5.04. The van der Waals surface area contributed by atoms with E-state index in [1.54, 1.807) is 6.07 Å². The topological polar surface area (TPSA) is 53.4 Å². The molecule has 5 aliphatic rings. The molecule has 0 radical (unpaired) electrons. The molecule has 1 aromatic heterocycles. The average Bonchev–Trinajstić information content (AvgIpc) is 3.30. The van der Waals surface area contributed by atoms with Gasteiger partial charge >= 0.3 is 0 Å². The number of benzene rings is 2. The maximum absolute atomic E-state index is 13.0. The molecule has 4 fully saturated rings. The first-order valence-corrected chi connectivity index (χ1v) is 16.3. The van der Waals surface area contributed by atoms with Crippen molar-refractivity contribution < 1.29 is 0 Å². The van der Waals surface area contributed by atoms with Crippen molar-refractivity contribution in [1.29, 1.82) is 0 Å². The molecule has 4 aliphatic heterocycles. The Bertz CT molecular complexity index is 1540. The Morgan fingerprint density at radius 3 is 2.49 bits per heavy atom. The summed E-state index contributed by atoms with van der Waals surface area (Å²) in [4.78, 5) is 23.1. The molecule has 0 bridgehead atoms. The molecule has 0 spiro atoms. The minimum Gasteiger partial charge on any atom is -0.317 e. The molecule has 0 amide bonds. The molecule has 7 heteroatoms. The molecule has 6 nitrogen and oxygen atoms in total. The molecule has 5 heterocycles. The van der Waals surface area contributed by atoms with Gasteiger partial charge in [0, 0.05) is 26.2 Å². The van der Waals surface area contributed by atoms with Crippen LogP contribution in [0.2, 0.25) is 5.02 Å². The molecule has 1 saturated carbocycles. The second kappa shape index (κ2) is 9.90. The van der Waals surface area contributed by atoms with E-state index in [-0.39, 0.29) is 11.0 Å². The minimum atomic E-state index is -0.335. The van der Waals surface area contributed by atoms with Gasteiger partial charge in [-0.05, 0) is 125 Å². The highest BCUT2D eigenvalue weighted by Crippen LogP contribution is 2.52. The van der Waals surface area contributed by atoms with Gasteiger partial charge in [0.2, 0.25) is 0 Å². The number of rotatable bonds is 5. The van der Waals surface area contributed by atoms with E-state index in [9.17, 15) is 4.79 Å². The van der Waals surface area contributed by atoms with E-state index in [0.29, 0.717) is 16.3 Å². The van der Waals surface area contributed by atoms with Crippen LogP contribution in [-0.4, -0.2) is 71.7 Å². The number of hydrogen-bond donors (Lipinski definition) is 1. The van der Waals surface area contributed by atoms with Gasteiger partial charge in [0.1, 0.15) is 5.82 Å². The van der Waals surface area contributed by atoms with Crippen molar-refractivity contribution in [3.63, 3.8) is 0 Å². The molecule has 216 valence electrons. The Kier molecular flexibility index (Phi) is 6.37. The van der Waals surface area contributed by atoms with Crippen LogP contribution in [-0.2, 0) is 5.41 Å². The van der Waals surface area contributed by atoms with Crippen LogP contribution in [0.25, 0.3) is 16.6 Å². The smallest absolute Gasteiger partial charge is 0.282 e. The van der Waals surface area contributed by atoms with Crippen LogP contribution >= 0.6 is 11.6 Å². The van der Waals surface area contributed by atoms with Gasteiger partial charge in [0.05, 0.1) is 27.0 Å². The van der Waals surface area contributed by atoms with Gasteiger partial charge < -0.3 is 15.1 Å². The summed E-state index contributed by atoms with van der Waals surface area (Å²) in [6.45, 7) is 14.5. The number of likely N-dealkylation sites (tertiary alicyclic amines) is 2. The van der Waals surface area contributed by atoms with Gasteiger partial charge in [0.25, 0.3) is 5.56 Å². The Labute approximate surface area is 248 Å². The summed E-state index contributed by atoms with van der Waals surface area (Å²) in [6.07, 6.45) is 5.16. The number of piperidine rings is 3. The summed E-state index contributed by atoms with van der Waals surface area (Å²) in [5.41, 5.74) is 4.09. The zero-order valence-electron chi connectivity index (χ0n) is 24.4. The Morgan fingerprint density at radius 2 is 1.73 bits per heavy atom. The van der Waals surface area contributed by atoms with Crippen LogP contribution in [0.15, 0.2) is 41.2 Å². The van der Waals surface area contributed by atoms with Gasteiger partial charge in [-0.2, -0.15) is 4.98 Å². The Balaban J connectivity index is 0.938. The lowest BCUT2D eigenvalue weighted by Gasteiger charge is -2.33. The highest BCUT2D eigenvalue weighted by Gasteiger charge is 2.55. The first-order valence-electron chi connectivity index (χ1n) is 15.9. The largest absolute Gasteiger partial charge is 0.317 e. The molecule has 2 aromatic carbocycles. The summed E-state index contributed by atoms with van der Waals surface area (Å²) in [6, 6.07) is 12.7. The van der Waals surface area contributed by atoms with Crippen molar-refractivity contribution in [2.75, 3.05) is 52.4 Å². The number of aromatic nitrogens is 2. The average molecular weight is 572 g/mol. The van der Waals surface area contributed by atoms with Crippen molar-refractivity contribution in [3.05, 3.63) is 68.7 Å². The van der Waals surface area contributed by atoms with E-state index in [1.165, 1.54) is 89.2 Å². The van der Waals surface area contributed by atoms with Gasteiger partial charge in [-0.3, -0.25) is 9.36 Å². The number of nitrogens with one attached hydrogen (secondary N) is 1. The van der Waals surface area contributed by atoms with Crippen LogP contribution in [0.1, 0.15) is 62.4 Å². The highest BCUT2D eigenvalue weighted by molar-refractivity contribution is 6.35. The number of nitrogens with zero attached hydrogens (tertiary/aromatic N) is 4. The lowest BCUT2D eigenvalue weighted by Crippen LogP contribution is -2.38. The van der Waals surface area contributed by atoms with Crippen molar-refractivity contribution in [1.82, 2.24) is 24.7 Å². The Morgan fingerprint density at radius 1 is 0.976 bits per heavy atom. The van der Waals surface area contributed by atoms with Gasteiger partial charge in [-0.15, -0.1) is 0 Å². The normalized spacial score (nSPS) is 28.1. The zero-order valence-corrected chi connectivity index (χ0v) is 25.2. The molecule has 1 unspecified atom stereocenters. The molecule has 41 heavy (non-hydrogen) atoms. The van der Waals surface area contributed by atoms with Crippen molar-refractivity contribution in [2.24, 2.45) is 23.7 Å². The van der Waals surface area contributed by atoms with Crippen LogP contribution in [0.3, 0.4) is 0 Å². The molecule has 3 atom stereocenters. The number of hydrogen-bond acceptors (Lipinski definition) is 5. The van der Waals surface area contributed by atoms with Crippen molar-refractivity contribution >= 4 is 22.5 Å². The quantitative estimate of drug-likeness (QED) is 0.465. The molecule has 1 aliphatic carbocycles. The van der Waals surface area contributed by atoms with Crippen LogP contribution in [0, 0.1) is 23.7 Å². The summed E-state index contributed by atoms with van der Waals surface area (Å²) >= 11 is 6.48. The van der Waals surface area contributed by atoms with Crippen molar-refractivity contribution in [3.8, 4) is 5.69 Å². The SMILES string of the molecule is CC1(C)c2ccc(C3CCN(CC4[C@H]5CN(CC6CCNCC6)C[C@@H]45)CC3)cc2-n2c1nc(=O)c1c(Cl)cccc12. The first-order chi connectivity index (χ1) is 19.9. The van der Waals surface area contributed by atoms with Crippen LogP contribution < -0.4 is 10.9 Å². The summed E-state index contributed by atoms with van der Waals surface area (Å²) in [5.74, 6) is 5.15. The lowest BCUT2D eigenvalue weighted by atomic mass is 9.83. The summed E-state index contributed by atoms with van der Waals surface area (Å²) < 4.78 is 2.19. The fraction of sp³-hybridized carbons (Fsp3) is 0.588. The predicted molar refractivity (Wildman–Crippen MR) is 165 cm³/mol. The van der Waals surface area contributed by atoms with E-state index < -0.39 is 0 Å². The molecular weight excluding hydrogens is 530 g/mol. The minimum absolute atomic E-state index is 0.236. The third kappa shape index (κ3) is 4.40. The van der Waals surface area contributed by atoms with Crippen LogP contribution in [0.5, 0.6) is 0 Å². The van der Waals surface area contributed by atoms with E-state index in [0.717, 1.165) is 40.7 Å². The summed E-state index contributed by atoms with van der Waals surface area (Å²) in [5, 5.41) is 4.49. The van der Waals surface area contributed by atoms with Gasteiger partial charge in [-0.25, -0.2) is 0 Å². The Hall–Kier alpha value is -2.25. The third-order valence-electron chi connectivity index (χ3n) is 11.3. The summed E-state index contributed by atoms with van der Waals surface area (Å²) in [7, 11) is 0. The standard InChI is InChI=1S/C34H42ClN5O/c1-34(2)27-7-6-23(16-30(27)40-29-5-3-4-28(35)31(29)32(41)37-33(34)40)22-10-14-38(15-11-22)18-24-25-19-39(20-26(24)25)17-21-8-12-36-13-9-21/h3-7,16,21-22,24-26,36H,8-15,17-20H2,1-2H3/t24?,25-,26+. The molecule has 3 aromatic rings. The third-order valence-corrected chi connectivity index (χ3v) is 11.6. The van der Waals surface area contributed by atoms with Gasteiger partial charge in [0.15, 0.2) is 0 Å². The first kappa shape index (κ1) is 26.4. The molecule has 8 rings (SSSR count). The zero-order chi connectivity index (χ0) is 27.9. The lowest BCUT2D eigenvalue weighted by molar-refractivity contribution is 0.174. The molecular formula is C34H42ClN5O. The number of halogens is 1. The number of fused-ring (bicyclic) bond motifs is 6. The maximum Gasteiger partial charge on any atom is 0.282 e. The highest BCUT2D eigenvalue weighted by atomic mass is 35.5. The molecule has 1 N–H and O–H groups in total. The second-order valence-corrected chi connectivity index (χ2v) is 14.5. The monoisotopic (exact) mass is 571 g/mol. The van der Waals surface area contributed by atoms with Crippen molar-refractivity contribution in [2.45, 2.75) is 50.9 Å². The van der Waals surface area contributed by atoms with Gasteiger partial charge in [-0.1, -0.05) is 29.8 Å². The second-order valence-electron chi connectivity index (χ2n) is 14.1. The fourth-order valence-electron chi connectivity index (χ4n) is 8.86. The molecule has 3 saturated heterocycles. The van der Waals surface area contributed by atoms with Crippen LogP contribution in [0.4, 0.5) is 0 Å². The maximum atomic E-state index is 13.0. The van der Waals surface area contributed by atoms with E-state index in [2.05, 4.69) is 56.7 Å². The fourth-order valence-corrected chi connectivity index (χ4v) is 9.11. The van der Waals surface area contributed by atoms with E-state index in [1.807, 2.05) is 12.1 Å². The van der Waals surface area contributed by atoms with E-state index >= 15 is 0 Å². The van der Waals surface area contributed by atoms with E-state index in [4.69, 9.17) is 11.6 Å².